The molecule has 8 heteroatoms. The fourth-order valence-corrected chi connectivity index (χ4v) is 8.39. The van der Waals surface area contributed by atoms with E-state index < -0.39 is 23.6 Å². The molecule has 0 saturated heterocycles. The molecule has 0 spiro atoms. The van der Waals surface area contributed by atoms with Crippen molar-refractivity contribution in [3.63, 3.8) is 0 Å². The molecule has 51 heavy (non-hydrogen) atoms. The van der Waals surface area contributed by atoms with Crippen LogP contribution in [0.5, 0.6) is 0 Å². The summed E-state index contributed by atoms with van der Waals surface area (Å²) in [5.74, 6) is -0.299. The van der Waals surface area contributed by atoms with Gasteiger partial charge in [0.2, 0.25) is 0 Å². The Kier molecular flexibility index (Phi) is 16.7. The zero-order valence-corrected chi connectivity index (χ0v) is 31.1. The molecular weight excluding hydrogens is 638 g/mol. The van der Waals surface area contributed by atoms with Gasteiger partial charge < -0.3 is 31.5 Å². The van der Waals surface area contributed by atoms with Crippen molar-refractivity contribution in [1.29, 1.82) is 0 Å². The van der Waals surface area contributed by atoms with Crippen molar-refractivity contribution in [3.8, 4) is 0 Å². The van der Waals surface area contributed by atoms with Crippen LogP contribution in [-0.2, 0) is 11.2 Å². The highest BCUT2D eigenvalue weighted by Gasteiger charge is 2.44. The Labute approximate surface area is 306 Å². The predicted molar refractivity (Wildman–Crippen MR) is 207 cm³/mol. The van der Waals surface area contributed by atoms with E-state index in [0.717, 1.165) is 56.2 Å². The molecule has 8 nitrogen and oxygen atoms in total. The highest BCUT2D eigenvalue weighted by molar-refractivity contribution is 5.70. The van der Waals surface area contributed by atoms with Gasteiger partial charge in [-0.2, -0.15) is 0 Å². The van der Waals surface area contributed by atoms with Crippen molar-refractivity contribution in [1.82, 2.24) is 10.3 Å². The van der Waals surface area contributed by atoms with Gasteiger partial charge in [0.05, 0.1) is 23.7 Å². The predicted octanol–water partition coefficient (Wildman–Crippen LogP) is 7.58. The van der Waals surface area contributed by atoms with E-state index in [4.69, 9.17) is 5.73 Å². The van der Waals surface area contributed by atoms with E-state index in [0.29, 0.717) is 43.8 Å². The summed E-state index contributed by atoms with van der Waals surface area (Å²) in [4.78, 5) is 16.4. The zero-order valence-electron chi connectivity index (χ0n) is 31.1. The largest absolute Gasteiger partial charge is 0.481 e. The van der Waals surface area contributed by atoms with Crippen LogP contribution in [0.15, 0.2) is 66.9 Å². The second-order valence-electron chi connectivity index (χ2n) is 15.7. The maximum absolute atomic E-state index is 12.2. The molecule has 1 fully saturated rings. The van der Waals surface area contributed by atoms with E-state index in [2.05, 4.69) is 60.6 Å². The minimum absolute atomic E-state index is 0.145. The topological polar surface area (TPSA) is 149 Å². The molecule has 2 aromatic rings. The Balaban J connectivity index is 1.25. The second-order valence-corrected chi connectivity index (χ2v) is 15.7. The molecule has 2 aliphatic rings. The molecule has 0 aliphatic heterocycles. The van der Waals surface area contributed by atoms with Crippen LogP contribution >= 0.6 is 0 Å². The van der Waals surface area contributed by atoms with Crippen LogP contribution in [0.2, 0.25) is 0 Å². The number of hydrogen-bond acceptors (Lipinski definition) is 7. The third kappa shape index (κ3) is 13.8. The molecule has 7 N–H and O–H groups in total. The summed E-state index contributed by atoms with van der Waals surface area (Å²) in [6, 6.07) is 14.2. The highest BCUT2D eigenvalue weighted by atomic mass is 16.4. The number of nitrogens with zero attached hydrogens (tertiary/aromatic N) is 1. The number of pyridine rings is 1. The SMILES string of the molecule is CCCCCC1C=CC(CCCCCC(C(=O)O)C(O)CCC2(O)CC(CNC(C)C=Cc3ccccc3)C(Cc3ccnc(N)c3)C2)C(O)C1. The van der Waals surface area contributed by atoms with E-state index in [1.165, 1.54) is 19.3 Å². The van der Waals surface area contributed by atoms with Gasteiger partial charge in [-0.25, -0.2) is 4.98 Å². The number of carbonyl (C=O) groups is 1. The first-order valence-corrected chi connectivity index (χ1v) is 19.7. The summed E-state index contributed by atoms with van der Waals surface area (Å²) in [7, 11) is 0. The number of rotatable bonds is 22. The monoisotopic (exact) mass is 703 g/mol. The Hall–Kier alpha value is -3.04. The molecule has 9 unspecified atom stereocenters. The number of allylic oxidation sites excluding steroid dienone is 1. The normalized spacial score (nSPS) is 26.7. The maximum Gasteiger partial charge on any atom is 0.309 e. The standard InChI is InChI=1S/C43H65N3O5/c1-3-4-7-14-33-19-20-35(40(48)26-33)15-10-6-11-16-38(42(49)50)39(47)21-23-43(51)28-36(25-34-22-24-45-41(44)27-34)37(29-43)30-46-31(2)17-18-32-12-8-5-9-13-32/h5,8-9,12-13,17-20,22,24,27,31,33,35-40,46-48,51H,3-4,6-7,10-11,14-16,21,23,25-26,28-30H2,1-2H3,(H2,44,45)(H,49,50). The number of aliphatic hydroxyl groups is 3. The van der Waals surface area contributed by atoms with Crippen LogP contribution < -0.4 is 11.1 Å². The van der Waals surface area contributed by atoms with E-state index in [-0.39, 0.29) is 36.3 Å². The minimum atomic E-state index is -1.02. The van der Waals surface area contributed by atoms with E-state index in [9.17, 15) is 25.2 Å². The number of unbranched alkanes of at least 4 members (excludes halogenated alkanes) is 4. The number of nitrogens with one attached hydrogen (secondary N) is 1. The number of aliphatic carboxylic acids is 1. The lowest BCUT2D eigenvalue weighted by Crippen LogP contribution is -2.34. The van der Waals surface area contributed by atoms with Crippen molar-refractivity contribution in [2.75, 3.05) is 12.3 Å². The summed E-state index contributed by atoms with van der Waals surface area (Å²) in [6.45, 7) is 5.07. The fourth-order valence-electron chi connectivity index (χ4n) is 8.39. The zero-order chi connectivity index (χ0) is 36.6. The average molecular weight is 704 g/mol. The summed E-state index contributed by atoms with van der Waals surface area (Å²) < 4.78 is 0. The number of benzene rings is 1. The Morgan fingerprint density at radius 1 is 1.04 bits per heavy atom. The molecule has 2 aliphatic carbocycles. The quantitative estimate of drug-likeness (QED) is 0.0543. The van der Waals surface area contributed by atoms with Crippen LogP contribution in [0.4, 0.5) is 5.82 Å². The molecule has 282 valence electrons. The molecular formula is C43H65N3O5. The average Bonchev–Trinajstić information content (AvgIpc) is 3.42. The lowest BCUT2D eigenvalue weighted by molar-refractivity contribution is -0.146. The first-order chi connectivity index (χ1) is 24.5. The number of nitrogen functional groups attached to an aromatic ring is 1. The number of anilines is 1. The second kappa shape index (κ2) is 20.9. The molecule has 0 radical (unpaired) electrons. The number of carboxylic acid groups (broad SMARTS) is 1. The number of carboxylic acids is 1. The van der Waals surface area contributed by atoms with Crippen LogP contribution in [0.3, 0.4) is 0 Å². The van der Waals surface area contributed by atoms with E-state index in [1.54, 1.807) is 6.20 Å². The molecule has 4 rings (SSSR count). The van der Waals surface area contributed by atoms with Crippen LogP contribution in [0.25, 0.3) is 6.08 Å². The Morgan fingerprint density at radius 3 is 2.53 bits per heavy atom. The van der Waals surface area contributed by atoms with Gasteiger partial charge in [-0.3, -0.25) is 4.79 Å². The molecule has 0 amide bonds. The van der Waals surface area contributed by atoms with Crippen molar-refractivity contribution < 1.29 is 25.2 Å². The first kappa shape index (κ1) is 40.7. The van der Waals surface area contributed by atoms with E-state index in [1.807, 2.05) is 30.3 Å². The third-order valence-electron chi connectivity index (χ3n) is 11.5. The van der Waals surface area contributed by atoms with Gasteiger partial charge in [0, 0.05) is 18.2 Å². The lowest BCUT2D eigenvalue weighted by atomic mass is 9.81. The molecule has 0 bridgehead atoms. The number of nitrogens with two attached hydrogens (primary N) is 1. The van der Waals surface area contributed by atoms with Gasteiger partial charge in [0.15, 0.2) is 0 Å². The Morgan fingerprint density at radius 2 is 1.80 bits per heavy atom. The van der Waals surface area contributed by atoms with Gasteiger partial charge in [-0.15, -0.1) is 0 Å². The summed E-state index contributed by atoms with van der Waals surface area (Å²) in [6.07, 6.45) is 21.2. The molecule has 1 aromatic carbocycles. The van der Waals surface area contributed by atoms with Gasteiger partial charge in [0.1, 0.15) is 5.82 Å². The van der Waals surface area contributed by atoms with Crippen molar-refractivity contribution >= 4 is 17.9 Å². The van der Waals surface area contributed by atoms with Crippen molar-refractivity contribution in [2.24, 2.45) is 29.6 Å². The first-order valence-electron chi connectivity index (χ1n) is 19.7. The summed E-state index contributed by atoms with van der Waals surface area (Å²) in [5.41, 5.74) is 7.23. The smallest absolute Gasteiger partial charge is 0.309 e. The fraction of sp³-hybridized carbons (Fsp3) is 0.628. The van der Waals surface area contributed by atoms with Gasteiger partial charge in [-0.1, -0.05) is 100 Å². The lowest BCUT2D eigenvalue weighted by Gasteiger charge is -2.28. The van der Waals surface area contributed by atoms with Crippen molar-refractivity contribution in [2.45, 2.75) is 134 Å². The molecule has 1 aromatic heterocycles. The Bertz CT molecular complexity index is 1370. The summed E-state index contributed by atoms with van der Waals surface area (Å²) in [5, 5.41) is 47.3. The molecule has 1 saturated carbocycles. The maximum atomic E-state index is 12.2. The molecule has 1 heterocycles. The van der Waals surface area contributed by atoms with Gasteiger partial charge in [-0.05, 0) is 112 Å². The summed E-state index contributed by atoms with van der Waals surface area (Å²) >= 11 is 0. The minimum Gasteiger partial charge on any atom is -0.481 e. The van der Waals surface area contributed by atoms with Crippen LogP contribution in [-0.4, -0.2) is 61.8 Å². The highest BCUT2D eigenvalue weighted by Crippen LogP contribution is 2.44. The third-order valence-corrected chi connectivity index (χ3v) is 11.5. The number of hydrogen-bond donors (Lipinski definition) is 6. The molecule has 9 atom stereocenters. The van der Waals surface area contributed by atoms with Gasteiger partial charge in [0.25, 0.3) is 0 Å². The van der Waals surface area contributed by atoms with Crippen LogP contribution in [0, 0.1) is 29.6 Å². The number of aliphatic hydroxyl groups excluding tert-OH is 2. The van der Waals surface area contributed by atoms with Crippen molar-refractivity contribution in [3.05, 3.63) is 78.0 Å². The van der Waals surface area contributed by atoms with Crippen LogP contribution in [0.1, 0.15) is 115 Å². The van der Waals surface area contributed by atoms with Gasteiger partial charge >= 0.3 is 5.97 Å². The van der Waals surface area contributed by atoms with E-state index >= 15 is 0 Å². The number of aromatic nitrogens is 1.